The Morgan fingerprint density at radius 2 is 1.56 bits per heavy atom. The Kier molecular flexibility index (Phi) is 4.90. The van der Waals surface area contributed by atoms with Gasteiger partial charge in [0, 0.05) is 26.2 Å². The number of amides is 2. The molecule has 0 N–H and O–H groups in total. The van der Waals surface area contributed by atoms with E-state index in [4.69, 9.17) is 0 Å². The number of hydrogen-bond donors (Lipinski definition) is 0. The van der Waals surface area contributed by atoms with Crippen molar-refractivity contribution in [2.45, 2.75) is 64.3 Å². The standard InChI is InChI=1S/C15H28N2O/c1-13-9-11-17(12-10-13)15(18)16(2)14-7-5-3-4-6-8-14/h13-14H,3-12H2,1-2H3. The fourth-order valence-corrected chi connectivity index (χ4v) is 3.22. The molecule has 3 nitrogen and oxygen atoms in total. The Morgan fingerprint density at radius 1 is 1.00 bits per heavy atom. The highest BCUT2D eigenvalue weighted by Gasteiger charge is 2.27. The molecule has 0 spiro atoms. The van der Waals surface area contributed by atoms with Gasteiger partial charge in [0.1, 0.15) is 0 Å². The van der Waals surface area contributed by atoms with Crippen LogP contribution in [0.2, 0.25) is 0 Å². The van der Waals surface area contributed by atoms with E-state index >= 15 is 0 Å². The van der Waals surface area contributed by atoms with Gasteiger partial charge in [0.25, 0.3) is 0 Å². The number of piperidine rings is 1. The number of likely N-dealkylation sites (tertiary alicyclic amines) is 1. The molecule has 2 rings (SSSR count). The van der Waals surface area contributed by atoms with Gasteiger partial charge in [0.05, 0.1) is 0 Å². The van der Waals surface area contributed by atoms with Crippen LogP contribution in [0.15, 0.2) is 0 Å². The number of carbonyl (C=O) groups excluding carboxylic acids is 1. The molecule has 1 aliphatic heterocycles. The highest BCUT2D eigenvalue weighted by Crippen LogP contribution is 2.23. The Labute approximate surface area is 112 Å². The molecular weight excluding hydrogens is 224 g/mol. The number of urea groups is 1. The van der Waals surface area contributed by atoms with Crippen molar-refractivity contribution in [3.8, 4) is 0 Å². The van der Waals surface area contributed by atoms with Crippen LogP contribution in [0.5, 0.6) is 0 Å². The fourth-order valence-electron chi connectivity index (χ4n) is 3.22. The molecule has 1 aliphatic carbocycles. The molecule has 2 aliphatic rings. The molecule has 2 fully saturated rings. The molecular formula is C15H28N2O. The predicted octanol–water partition coefficient (Wildman–Crippen LogP) is 3.49. The molecule has 0 atom stereocenters. The van der Waals surface area contributed by atoms with Crippen molar-refractivity contribution in [2.24, 2.45) is 5.92 Å². The average molecular weight is 252 g/mol. The molecule has 1 saturated carbocycles. The number of rotatable bonds is 1. The first-order chi connectivity index (χ1) is 8.68. The van der Waals surface area contributed by atoms with E-state index in [-0.39, 0.29) is 6.03 Å². The number of hydrogen-bond acceptors (Lipinski definition) is 1. The highest BCUT2D eigenvalue weighted by atomic mass is 16.2. The smallest absolute Gasteiger partial charge is 0.319 e. The largest absolute Gasteiger partial charge is 0.325 e. The van der Waals surface area contributed by atoms with Crippen LogP contribution in [0.3, 0.4) is 0 Å². The van der Waals surface area contributed by atoms with Gasteiger partial charge in [-0.15, -0.1) is 0 Å². The first kappa shape index (κ1) is 13.7. The van der Waals surface area contributed by atoms with Crippen LogP contribution in [0.1, 0.15) is 58.3 Å². The minimum Gasteiger partial charge on any atom is -0.325 e. The molecule has 0 bridgehead atoms. The predicted molar refractivity (Wildman–Crippen MR) is 74.6 cm³/mol. The van der Waals surface area contributed by atoms with Gasteiger partial charge in [-0.25, -0.2) is 4.79 Å². The quantitative estimate of drug-likeness (QED) is 0.655. The van der Waals surface area contributed by atoms with Gasteiger partial charge in [-0.05, 0) is 31.6 Å². The van der Waals surface area contributed by atoms with Crippen molar-refractivity contribution in [2.75, 3.05) is 20.1 Å². The monoisotopic (exact) mass is 252 g/mol. The molecule has 18 heavy (non-hydrogen) atoms. The number of carbonyl (C=O) groups is 1. The molecule has 104 valence electrons. The van der Waals surface area contributed by atoms with Gasteiger partial charge in [-0.1, -0.05) is 32.6 Å². The molecule has 0 radical (unpaired) electrons. The molecule has 3 heteroatoms. The van der Waals surface area contributed by atoms with Crippen molar-refractivity contribution in [3.63, 3.8) is 0 Å². The van der Waals surface area contributed by atoms with Crippen molar-refractivity contribution in [1.29, 1.82) is 0 Å². The second-order valence-corrected chi connectivity index (χ2v) is 6.21. The van der Waals surface area contributed by atoms with Crippen LogP contribution < -0.4 is 0 Å². The third-order valence-electron chi connectivity index (χ3n) is 4.73. The van der Waals surface area contributed by atoms with Crippen LogP contribution in [0.4, 0.5) is 4.79 Å². The second-order valence-electron chi connectivity index (χ2n) is 6.21. The first-order valence-corrected chi connectivity index (χ1v) is 7.70. The lowest BCUT2D eigenvalue weighted by Crippen LogP contribution is -2.48. The van der Waals surface area contributed by atoms with Crippen molar-refractivity contribution < 1.29 is 4.79 Å². The van der Waals surface area contributed by atoms with Crippen LogP contribution in [0.25, 0.3) is 0 Å². The minimum absolute atomic E-state index is 0.272. The van der Waals surface area contributed by atoms with E-state index in [9.17, 15) is 4.79 Å². The van der Waals surface area contributed by atoms with Crippen LogP contribution in [-0.2, 0) is 0 Å². The molecule has 0 aromatic heterocycles. The summed E-state index contributed by atoms with van der Waals surface area (Å²) in [5.74, 6) is 0.789. The van der Waals surface area contributed by atoms with E-state index in [1.54, 1.807) is 0 Å². The fraction of sp³-hybridized carbons (Fsp3) is 0.933. The summed E-state index contributed by atoms with van der Waals surface area (Å²) < 4.78 is 0. The molecule has 1 heterocycles. The van der Waals surface area contributed by atoms with E-state index in [0.717, 1.165) is 19.0 Å². The summed E-state index contributed by atoms with van der Waals surface area (Å²) in [4.78, 5) is 16.6. The van der Waals surface area contributed by atoms with Gasteiger partial charge in [-0.2, -0.15) is 0 Å². The van der Waals surface area contributed by atoms with Crippen molar-refractivity contribution >= 4 is 6.03 Å². The van der Waals surface area contributed by atoms with E-state index in [2.05, 4.69) is 11.8 Å². The molecule has 0 unspecified atom stereocenters. The van der Waals surface area contributed by atoms with E-state index in [1.807, 2.05) is 11.9 Å². The van der Waals surface area contributed by atoms with Gasteiger partial charge < -0.3 is 9.80 Å². The third-order valence-corrected chi connectivity index (χ3v) is 4.73. The normalized spacial score (nSPS) is 23.8. The topological polar surface area (TPSA) is 23.6 Å². The van der Waals surface area contributed by atoms with Crippen LogP contribution >= 0.6 is 0 Å². The highest BCUT2D eigenvalue weighted by molar-refractivity contribution is 5.74. The van der Waals surface area contributed by atoms with Gasteiger partial charge in [0.15, 0.2) is 0 Å². The summed E-state index contributed by atoms with van der Waals surface area (Å²) >= 11 is 0. The second kappa shape index (κ2) is 6.44. The van der Waals surface area contributed by atoms with Crippen molar-refractivity contribution in [3.05, 3.63) is 0 Å². The average Bonchev–Trinajstić information content (AvgIpc) is 2.67. The number of nitrogens with zero attached hydrogens (tertiary/aromatic N) is 2. The zero-order valence-electron chi connectivity index (χ0n) is 12.0. The Morgan fingerprint density at radius 3 is 2.11 bits per heavy atom. The van der Waals surface area contributed by atoms with Gasteiger partial charge >= 0.3 is 6.03 Å². The summed E-state index contributed by atoms with van der Waals surface area (Å²) in [6, 6.07) is 0.758. The molecule has 2 amide bonds. The lowest BCUT2D eigenvalue weighted by molar-refractivity contribution is 0.125. The first-order valence-electron chi connectivity index (χ1n) is 7.70. The maximum Gasteiger partial charge on any atom is 0.319 e. The lowest BCUT2D eigenvalue weighted by Gasteiger charge is -2.36. The maximum atomic E-state index is 12.5. The zero-order chi connectivity index (χ0) is 13.0. The maximum absolute atomic E-state index is 12.5. The molecule has 0 aromatic carbocycles. The SMILES string of the molecule is CC1CCN(C(=O)N(C)C2CCCCCC2)CC1. The molecule has 0 aromatic rings. The van der Waals surface area contributed by atoms with Crippen molar-refractivity contribution in [1.82, 2.24) is 9.80 Å². The zero-order valence-corrected chi connectivity index (χ0v) is 12.0. The minimum atomic E-state index is 0.272. The van der Waals surface area contributed by atoms with Gasteiger partial charge in [-0.3, -0.25) is 0 Å². The van der Waals surface area contributed by atoms with E-state index in [0.29, 0.717) is 6.04 Å². The third kappa shape index (κ3) is 3.39. The summed E-state index contributed by atoms with van der Waals surface area (Å²) in [6.45, 7) is 4.20. The van der Waals surface area contributed by atoms with E-state index < -0.39 is 0 Å². The summed E-state index contributed by atoms with van der Waals surface area (Å²) in [6.07, 6.45) is 10.0. The van der Waals surface area contributed by atoms with E-state index in [1.165, 1.54) is 51.4 Å². The van der Waals surface area contributed by atoms with Crippen LogP contribution in [0, 0.1) is 5.92 Å². The Bertz CT molecular complexity index is 264. The van der Waals surface area contributed by atoms with Crippen LogP contribution in [-0.4, -0.2) is 42.0 Å². The summed E-state index contributed by atoms with van der Waals surface area (Å²) in [5.41, 5.74) is 0. The Balaban J connectivity index is 1.87. The molecule has 1 saturated heterocycles. The summed E-state index contributed by atoms with van der Waals surface area (Å²) in [7, 11) is 2.01. The Hall–Kier alpha value is -0.730. The lowest BCUT2D eigenvalue weighted by atomic mass is 9.99. The summed E-state index contributed by atoms with van der Waals surface area (Å²) in [5, 5.41) is 0. The van der Waals surface area contributed by atoms with Gasteiger partial charge in [0.2, 0.25) is 0 Å².